The lowest BCUT2D eigenvalue weighted by Crippen LogP contribution is -2.36. The van der Waals surface area contributed by atoms with Crippen LogP contribution in [0, 0.1) is 0 Å². The first kappa shape index (κ1) is 17.6. The number of nitrogens with one attached hydrogen (secondary N) is 2. The van der Waals surface area contributed by atoms with Crippen LogP contribution in [0.2, 0.25) is 10.0 Å². The summed E-state index contributed by atoms with van der Waals surface area (Å²) in [5.74, 6) is -0.326. The second-order valence-electron chi connectivity index (χ2n) is 4.92. The number of benzene rings is 2. The second-order valence-corrected chi connectivity index (χ2v) is 6.73. The predicted molar refractivity (Wildman–Crippen MR) is 96.7 cm³/mol. The van der Waals surface area contributed by atoms with Crippen LogP contribution in [0.4, 0.5) is 5.69 Å². The Balaban J connectivity index is 1.72. The molecule has 0 saturated carbocycles. The highest BCUT2D eigenvalue weighted by Crippen LogP contribution is 2.25. The van der Waals surface area contributed by atoms with E-state index in [2.05, 4.69) is 10.6 Å². The minimum atomic E-state index is -0.553. The van der Waals surface area contributed by atoms with E-state index in [0.29, 0.717) is 21.4 Å². The monoisotopic (exact) mass is 396 g/mol. The van der Waals surface area contributed by atoms with Crippen LogP contribution in [0.15, 0.2) is 62.9 Å². The molecule has 2 N–H and O–H groups in total. The van der Waals surface area contributed by atoms with Gasteiger partial charge >= 0.3 is 10.7 Å². The summed E-state index contributed by atoms with van der Waals surface area (Å²) in [6.07, 6.45) is 0. The van der Waals surface area contributed by atoms with E-state index in [1.807, 2.05) is 18.2 Å². The van der Waals surface area contributed by atoms with Gasteiger partial charge < -0.3 is 5.32 Å². The minimum absolute atomic E-state index is 0.00170. The first-order chi connectivity index (χ1) is 12.0. The number of hydrogen-bond donors (Lipinski definition) is 2. The molecule has 1 heterocycles. The molecule has 0 aliphatic carbocycles. The summed E-state index contributed by atoms with van der Waals surface area (Å²) in [6, 6.07) is 13.9. The first-order valence-corrected chi connectivity index (χ1v) is 8.85. The van der Waals surface area contributed by atoms with E-state index in [0.717, 1.165) is 11.8 Å². The Labute approximate surface area is 156 Å². The number of amides is 1. The topological polar surface area (TPSA) is 79.0 Å². The molecule has 0 aliphatic heterocycles. The number of carbonyl (C=O) groups is 1. The molecule has 3 aromatic rings. The van der Waals surface area contributed by atoms with Crippen LogP contribution in [-0.2, 0) is 4.79 Å². The molecule has 3 rings (SSSR count). The number of rotatable bonds is 5. The molecule has 1 amide bonds. The SMILES string of the molecule is O=C(CSc1c(=O)o[nH][n+]1-c1ccccc1)Nc1cc(Cl)ccc1Cl. The Kier molecular flexibility index (Phi) is 5.47. The molecule has 6 nitrogen and oxygen atoms in total. The van der Waals surface area contributed by atoms with Crippen molar-refractivity contribution in [2.45, 2.75) is 5.03 Å². The van der Waals surface area contributed by atoms with E-state index in [9.17, 15) is 9.59 Å². The zero-order valence-corrected chi connectivity index (χ0v) is 15.0. The summed E-state index contributed by atoms with van der Waals surface area (Å²) in [4.78, 5) is 24.0. The van der Waals surface area contributed by atoms with Gasteiger partial charge in [0.15, 0.2) is 0 Å². The van der Waals surface area contributed by atoms with Crippen molar-refractivity contribution >= 4 is 46.6 Å². The second kappa shape index (κ2) is 7.77. The fourth-order valence-electron chi connectivity index (χ4n) is 2.05. The Hall–Kier alpha value is -2.22. The van der Waals surface area contributed by atoms with Crippen LogP contribution in [0.25, 0.3) is 5.69 Å². The van der Waals surface area contributed by atoms with Gasteiger partial charge in [-0.3, -0.25) is 9.32 Å². The normalized spacial score (nSPS) is 10.6. The highest BCUT2D eigenvalue weighted by Gasteiger charge is 2.24. The number of hydrogen-bond acceptors (Lipinski definition) is 4. The smallest absolute Gasteiger partial charge is 0.324 e. The van der Waals surface area contributed by atoms with Crippen LogP contribution in [0.1, 0.15) is 0 Å². The lowest BCUT2D eigenvalue weighted by molar-refractivity contribution is -0.704. The molecule has 0 fully saturated rings. The molecule has 0 saturated heterocycles. The van der Waals surface area contributed by atoms with Gasteiger partial charge in [0.25, 0.3) is 0 Å². The van der Waals surface area contributed by atoms with Crippen LogP contribution < -0.4 is 15.6 Å². The molecule has 0 radical (unpaired) electrons. The fourth-order valence-corrected chi connectivity index (χ4v) is 3.16. The number of anilines is 1. The molecular weight excluding hydrogens is 385 g/mol. The molecule has 1 aromatic heterocycles. The number of H-pyrrole nitrogens is 1. The zero-order valence-electron chi connectivity index (χ0n) is 12.7. The highest BCUT2D eigenvalue weighted by molar-refractivity contribution is 7.99. The fraction of sp³-hybridized carbons (Fsp3) is 0.0625. The zero-order chi connectivity index (χ0) is 17.8. The van der Waals surface area contributed by atoms with Crippen LogP contribution in [0.3, 0.4) is 0 Å². The summed E-state index contributed by atoms with van der Waals surface area (Å²) >= 11 is 13.0. The van der Waals surface area contributed by atoms with Crippen molar-refractivity contribution in [2.24, 2.45) is 0 Å². The molecule has 9 heteroatoms. The van der Waals surface area contributed by atoms with Crippen molar-refractivity contribution in [1.82, 2.24) is 5.27 Å². The Morgan fingerprint density at radius 3 is 2.72 bits per heavy atom. The van der Waals surface area contributed by atoms with Crippen molar-refractivity contribution in [3.05, 3.63) is 69.0 Å². The summed E-state index contributed by atoms with van der Waals surface area (Å²) in [6.45, 7) is 0. The number of aromatic amines is 1. The summed E-state index contributed by atoms with van der Waals surface area (Å²) in [5, 5.41) is 6.28. The average molecular weight is 397 g/mol. The number of aromatic nitrogens is 2. The van der Waals surface area contributed by atoms with E-state index in [-0.39, 0.29) is 16.7 Å². The van der Waals surface area contributed by atoms with Gasteiger partial charge in [-0.05, 0) is 39.9 Å². The Morgan fingerprint density at radius 2 is 1.96 bits per heavy atom. The number of para-hydroxylation sites is 1. The third kappa shape index (κ3) is 4.25. The van der Waals surface area contributed by atoms with Crippen LogP contribution >= 0.6 is 35.0 Å². The van der Waals surface area contributed by atoms with Gasteiger partial charge in [-0.25, -0.2) is 4.79 Å². The van der Waals surface area contributed by atoms with E-state index in [4.69, 9.17) is 27.7 Å². The maximum absolute atomic E-state index is 12.1. The molecule has 25 heavy (non-hydrogen) atoms. The van der Waals surface area contributed by atoms with Gasteiger partial charge in [-0.1, -0.05) is 41.4 Å². The van der Waals surface area contributed by atoms with Gasteiger partial charge in [0.1, 0.15) is 0 Å². The number of thioether (sulfide) groups is 1. The summed E-state index contributed by atoms with van der Waals surface area (Å²) in [5.41, 5.74) is 0.577. The predicted octanol–water partition coefficient (Wildman–Crippen LogP) is 3.28. The van der Waals surface area contributed by atoms with Crippen molar-refractivity contribution in [2.75, 3.05) is 11.1 Å². The van der Waals surface area contributed by atoms with Crippen molar-refractivity contribution in [3.63, 3.8) is 0 Å². The maximum atomic E-state index is 12.1. The number of nitrogens with zero attached hydrogens (tertiary/aromatic N) is 1. The molecule has 2 aromatic carbocycles. The van der Waals surface area contributed by atoms with Gasteiger partial charge in [-0.15, -0.1) is 0 Å². The van der Waals surface area contributed by atoms with Crippen LogP contribution in [0.5, 0.6) is 0 Å². The van der Waals surface area contributed by atoms with Gasteiger partial charge in [-0.2, -0.15) is 0 Å². The van der Waals surface area contributed by atoms with E-state index in [1.165, 1.54) is 4.68 Å². The Bertz CT molecular complexity index is 957. The summed E-state index contributed by atoms with van der Waals surface area (Å²) in [7, 11) is 0. The van der Waals surface area contributed by atoms with Gasteiger partial charge in [0, 0.05) is 17.2 Å². The van der Waals surface area contributed by atoms with Crippen molar-refractivity contribution in [1.29, 1.82) is 0 Å². The standard InChI is InChI=1S/C16H11Cl2N3O3S/c17-10-6-7-12(18)13(8-10)19-14(22)9-25-15-16(23)24-20-21(15)11-4-2-1-3-5-11/h1-8H,9H2,(H-,19,20,22,23)/p+1. The largest absolute Gasteiger partial charge is 0.442 e. The van der Waals surface area contributed by atoms with Crippen molar-refractivity contribution in [3.8, 4) is 5.69 Å². The molecule has 0 bridgehead atoms. The molecule has 128 valence electrons. The molecule has 0 aliphatic rings. The third-order valence-electron chi connectivity index (χ3n) is 3.16. The van der Waals surface area contributed by atoms with Gasteiger partial charge in [0.2, 0.25) is 11.6 Å². The van der Waals surface area contributed by atoms with E-state index < -0.39 is 5.63 Å². The summed E-state index contributed by atoms with van der Waals surface area (Å²) < 4.78 is 6.31. The lowest BCUT2D eigenvalue weighted by Gasteiger charge is -2.06. The van der Waals surface area contributed by atoms with E-state index >= 15 is 0 Å². The maximum Gasteiger partial charge on any atom is 0.442 e. The quantitative estimate of drug-likeness (QED) is 0.512. The Morgan fingerprint density at radius 1 is 1.20 bits per heavy atom. The van der Waals surface area contributed by atoms with Crippen molar-refractivity contribution < 1.29 is 14.0 Å². The average Bonchev–Trinajstić information content (AvgIpc) is 2.98. The molecule has 0 atom stereocenters. The molecule has 0 unspecified atom stereocenters. The molecular formula is C16H12Cl2N3O3S+. The lowest BCUT2D eigenvalue weighted by atomic mass is 10.3. The van der Waals surface area contributed by atoms with Crippen LogP contribution in [-0.4, -0.2) is 16.9 Å². The third-order valence-corrected chi connectivity index (χ3v) is 4.76. The van der Waals surface area contributed by atoms with E-state index in [1.54, 1.807) is 30.3 Å². The first-order valence-electron chi connectivity index (χ1n) is 7.11. The highest BCUT2D eigenvalue weighted by atomic mass is 35.5. The molecule has 0 spiro atoms. The minimum Gasteiger partial charge on any atom is -0.324 e. The van der Waals surface area contributed by atoms with Gasteiger partial charge in [0.05, 0.1) is 16.5 Å². The number of halogens is 2. The number of carbonyl (C=O) groups excluding carboxylic acids is 1.